The number of rotatable bonds is 13. The molecule has 3 rings (SSSR count). The highest BCUT2D eigenvalue weighted by Gasteiger charge is 2.30. The van der Waals surface area contributed by atoms with Crippen molar-refractivity contribution in [3.05, 3.63) is 65.7 Å². The molecular formula is C30H43N3O4S. The van der Waals surface area contributed by atoms with Crippen molar-refractivity contribution in [2.24, 2.45) is 0 Å². The summed E-state index contributed by atoms with van der Waals surface area (Å²) in [4.78, 5) is 28.6. The summed E-state index contributed by atoms with van der Waals surface area (Å²) in [6.07, 6.45) is 8.31. The lowest BCUT2D eigenvalue weighted by Gasteiger charge is -2.33. The molecule has 1 fully saturated rings. The van der Waals surface area contributed by atoms with Gasteiger partial charge in [0.1, 0.15) is 6.04 Å². The first-order valence-electron chi connectivity index (χ1n) is 13.9. The van der Waals surface area contributed by atoms with Crippen LogP contribution in [0.4, 0.5) is 5.69 Å². The zero-order valence-electron chi connectivity index (χ0n) is 23.1. The van der Waals surface area contributed by atoms with Crippen molar-refractivity contribution < 1.29 is 18.0 Å². The van der Waals surface area contributed by atoms with E-state index in [4.69, 9.17) is 0 Å². The molecule has 2 aromatic rings. The molecule has 1 aliphatic rings. The smallest absolute Gasteiger partial charge is 0.243 e. The highest BCUT2D eigenvalue weighted by atomic mass is 32.2. The molecule has 7 nitrogen and oxygen atoms in total. The Balaban J connectivity index is 1.70. The van der Waals surface area contributed by atoms with Crippen LogP contribution in [-0.4, -0.2) is 56.6 Å². The maximum absolute atomic E-state index is 13.6. The Morgan fingerprint density at radius 1 is 0.974 bits per heavy atom. The molecule has 0 spiro atoms. The minimum Gasteiger partial charge on any atom is -0.352 e. The van der Waals surface area contributed by atoms with Crippen molar-refractivity contribution in [2.75, 3.05) is 23.7 Å². The van der Waals surface area contributed by atoms with E-state index < -0.39 is 16.1 Å². The molecule has 1 N–H and O–H groups in total. The Hall–Kier alpha value is -2.87. The minimum absolute atomic E-state index is 0.0850. The van der Waals surface area contributed by atoms with Crippen LogP contribution in [0.5, 0.6) is 0 Å². The fourth-order valence-corrected chi connectivity index (χ4v) is 6.12. The Labute approximate surface area is 228 Å². The van der Waals surface area contributed by atoms with Gasteiger partial charge in [-0.2, -0.15) is 0 Å². The standard InChI is InChI=1S/C30H43N3O4S/c1-4-28(30(35)31-26-14-9-6-10-15-26)32(23-21-25-12-7-5-8-13-25)29(34)16-11-22-33(38(3,36)37)27-19-17-24(2)18-20-27/h5,7-8,12-13,17-20,26,28H,4,6,9-11,14-16,21-23H2,1-3H3,(H,31,35)/t28-/m0/s1. The second kappa shape index (κ2) is 14.3. The molecule has 0 aliphatic heterocycles. The van der Waals surface area contributed by atoms with Gasteiger partial charge in [0.15, 0.2) is 0 Å². The van der Waals surface area contributed by atoms with E-state index in [1.54, 1.807) is 17.0 Å². The fraction of sp³-hybridized carbons (Fsp3) is 0.533. The number of nitrogens with zero attached hydrogens (tertiary/aromatic N) is 2. The van der Waals surface area contributed by atoms with Gasteiger partial charge in [-0.3, -0.25) is 13.9 Å². The van der Waals surface area contributed by atoms with Gasteiger partial charge in [-0.05, 0) is 56.7 Å². The first-order valence-corrected chi connectivity index (χ1v) is 15.7. The molecular weight excluding hydrogens is 498 g/mol. The van der Waals surface area contributed by atoms with E-state index >= 15 is 0 Å². The molecule has 2 aromatic carbocycles. The molecule has 0 radical (unpaired) electrons. The molecule has 0 unspecified atom stereocenters. The summed E-state index contributed by atoms with van der Waals surface area (Å²) < 4.78 is 26.3. The van der Waals surface area contributed by atoms with Crippen LogP contribution in [0.1, 0.15) is 69.4 Å². The Morgan fingerprint density at radius 2 is 1.63 bits per heavy atom. The van der Waals surface area contributed by atoms with Gasteiger partial charge in [0, 0.05) is 25.6 Å². The van der Waals surface area contributed by atoms with Crippen LogP contribution in [0.2, 0.25) is 0 Å². The van der Waals surface area contributed by atoms with Crippen molar-refractivity contribution in [2.45, 2.75) is 83.7 Å². The molecule has 1 saturated carbocycles. The number of hydrogen-bond acceptors (Lipinski definition) is 4. The third-order valence-corrected chi connectivity index (χ3v) is 8.49. The zero-order valence-corrected chi connectivity index (χ0v) is 23.9. The average Bonchev–Trinajstić information content (AvgIpc) is 2.90. The van der Waals surface area contributed by atoms with E-state index in [1.165, 1.54) is 17.0 Å². The lowest BCUT2D eigenvalue weighted by atomic mass is 9.95. The summed E-state index contributed by atoms with van der Waals surface area (Å²) in [5.41, 5.74) is 2.74. The molecule has 8 heteroatoms. The summed E-state index contributed by atoms with van der Waals surface area (Å²) in [5, 5.41) is 3.20. The Morgan fingerprint density at radius 3 is 2.24 bits per heavy atom. The maximum atomic E-state index is 13.6. The molecule has 1 aliphatic carbocycles. The van der Waals surface area contributed by atoms with E-state index in [-0.39, 0.29) is 30.8 Å². The largest absolute Gasteiger partial charge is 0.352 e. The van der Waals surface area contributed by atoms with Crippen LogP contribution in [-0.2, 0) is 26.0 Å². The van der Waals surface area contributed by atoms with Gasteiger partial charge in [-0.1, -0.05) is 74.2 Å². The molecule has 2 amide bonds. The van der Waals surface area contributed by atoms with Gasteiger partial charge in [0.25, 0.3) is 0 Å². The van der Waals surface area contributed by atoms with Gasteiger partial charge < -0.3 is 10.2 Å². The normalized spacial score (nSPS) is 15.0. The topological polar surface area (TPSA) is 86.8 Å². The molecule has 0 heterocycles. The third-order valence-electron chi connectivity index (χ3n) is 7.30. The van der Waals surface area contributed by atoms with Crippen LogP contribution >= 0.6 is 0 Å². The minimum atomic E-state index is -3.50. The first-order chi connectivity index (χ1) is 18.2. The van der Waals surface area contributed by atoms with Gasteiger partial charge in [0.2, 0.25) is 21.8 Å². The molecule has 0 saturated heterocycles. The number of anilines is 1. The zero-order chi connectivity index (χ0) is 27.5. The highest BCUT2D eigenvalue weighted by Crippen LogP contribution is 2.21. The predicted molar refractivity (Wildman–Crippen MR) is 154 cm³/mol. The first kappa shape index (κ1) is 29.7. The van der Waals surface area contributed by atoms with E-state index in [2.05, 4.69) is 5.32 Å². The Kier molecular flexibility index (Phi) is 11.2. The van der Waals surface area contributed by atoms with Gasteiger partial charge >= 0.3 is 0 Å². The van der Waals surface area contributed by atoms with Gasteiger partial charge in [-0.25, -0.2) is 8.42 Å². The number of amides is 2. The lowest BCUT2D eigenvalue weighted by molar-refractivity contribution is -0.141. The summed E-state index contributed by atoms with van der Waals surface area (Å²) in [5.74, 6) is -0.206. The van der Waals surface area contributed by atoms with Crippen molar-refractivity contribution in [3.8, 4) is 0 Å². The van der Waals surface area contributed by atoms with E-state index in [0.717, 1.165) is 36.8 Å². The van der Waals surface area contributed by atoms with Crippen molar-refractivity contribution >= 4 is 27.5 Å². The van der Waals surface area contributed by atoms with Crippen LogP contribution in [0.25, 0.3) is 0 Å². The third kappa shape index (κ3) is 8.86. The van der Waals surface area contributed by atoms with E-state index in [9.17, 15) is 18.0 Å². The summed E-state index contributed by atoms with van der Waals surface area (Å²) in [6.45, 7) is 4.53. The number of carbonyl (C=O) groups is 2. The molecule has 38 heavy (non-hydrogen) atoms. The van der Waals surface area contributed by atoms with Gasteiger partial charge in [0.05, 0.1) is 11.9 Å². The number of sulfonamides is 1. The quantitative estimate of drug-likeness (QED) is 0.393. The van der Waals surface area contributed by atoms with Crippen LogP contribution in [0, 0.1) is 6.92 Å². The second-order valence-electron chi connectivity index (χ2n) is 10.4. The van der Waals surface area contributed by atoms with Crippen molar-refractivity contribution in [1.82, 2.24) is 10.2 Å². The molecule has 1 atom stereocenters. The van der Waals surface area contributed by atoms with Crippen LogP contribution in [0.3, 0.4) is 0 Å². The van der Waals surface area contributed by atoms with E-state index in [0.29, 0.717) is 31.5 Å². The van der Waals surface area contributed by atoms with Crippen LogP contribution < -0.4 is 9.62 Å². The molecule has 208 valence electrons. The van der Waals surface area contributed by atoms with Crippen molar-refractivity contribution in [3.63, 3.8) is 0 Å². The summed E-state index contributed by atoms with van der Waals surface area (Å²) in [7, 11) is -3.50. The highest BCUT2D eigenvalue weighted by molar-refractivity contribution is 7.92. The number of aryl methyl sites for hydroxylation is 1. The number of benzene rings is 2. The Bertz CT molecular complexity index is 1130. The summed E-state index contributed by atoms with van der Waals surface area (Å²) >= 11 is 0. The van der Waals surface area contributed by atoms with Crippen molar-refractivity contribution in [1.29, 1.82) is 0 Å². The van der Waals surface area contributed by atoms with Gasteiger partial charge in [-0.15, -0.1) is 0 Å². The monoisotopic (exact) mass is 541 g/mol. The summed E-state index contributed by atoms with van der Waals surface area (Å²) in [6, 6.07) is 16.9. The SMILES string of the molecule is CC[C@@H](C(=O)NC1CCCCC1)N(CCc1ccccc1)C(=O)CCCN(c1ccc(C)cc1)S(C)(=O)=O. The van der Waals surface area contributed by atoms with Crippen LogP contribution in [0.15, 0.2) is 54.6 Å². The molecule has 0 aromatic heterocycles. The fourth-order valence-electron chi connectivity index (χ4n) is 5.16. The molecule has 0 bridgehead atoms. The predicted octanol–water partition coefficient (Wildman–Crippen LogP) is 4.84. The maximum Gasteiger partial charge on any atom is 0.243 e. The lowest BCUT2D eigenvalue weighted by Crippen LogP contribution is -2.52. The number of nitrogens with one attached hydrogen (secondary N) is 1. The number of hydrogen-bond donors (Lipinski definition) is 1. The number of carbonyl (C=O) groups excluding carboxylic acids is 2. The second-order valence-corrected chi connectivity index (χ2v) is 12.3. The van der Waals surface area contributed by atoms with E-state index in [1.807, 2.05) is 56.3 Å². The average molecular weight is 542 g/mol.